The molecule has 2 atom stereocenters. The lowest BCUT2D eigenvalue weighted by molar-refractivity contribution is 0.0663. The Balaban J connectivity index is 1.51. The molecule has 1 aromatic carbocycles. The van der Waals surface area contributed by atoms with Crippen molar-refractivity contribution in [2.45, 2.75) is 12.1 Å². The minimum absolute atomic E-state index is 0.0342. The Hall–Kier alpha value is -2.12. The third-order valence-electron chi connectivity index (χ3n) is 3.47. The summed E-state index contributed by atoms with van der Waals surface area (Å²) in [4.78, 5) is 4.41. The van der Waals surface area contributed by atoms with E-state index in [-0.39, 0.29) is 12.1 Å². The Bertz CT molecular complexity index is 624. The van der Waals surface area contributed by atoms with Gasteiger partial charge in [0.05, 0.1) is 19.3 Å². The van der Waals surface area contributed by atoms with E-state index < -0.39 is 0 Å². The number of fused-ring (bicyclic) bond motifs is 1. The number of hydrogen-bond donors (Lipinski definition) is 1. The van der Waals surface area contributed by atoms with E-state index in [1.165, 1.54) is 0 Å². The number of aromatic nitrogens is 2. The first-order valence-electron chi connectivity index (χ1n) is 6.93. The van der Waals surface area contributed by atoms with Crippen LogP contribution in [0.4, 0.5) is 0 Å². The van der Waals surface area contributed by atoms with E-state index in [4.69, 9.17) is 18.7 Å². The number of hydrogen-bond acceptors (Lipinski definition) is 7. The van der Waals surface area contributed by atoms with E-state index in [1.54, 1.807) is 0 Å². The maximum atomic E-state index is 5.85. The van der Waals surface area contributed by atoms with Crippen LogP contribution in [0.3, 0.4) is 0 Å². The summed E-state index contributed by atoms with van der Waals surface area (Å²) in [6.07, 6.45) is -0.384. The zero-order valence-electron chi connectivity index (χ0n) is 11.3. The zero-order valence-corrected chi connectivity index (χ0v) is 11.3. The molecule has 7 nitrogen and oxygen atoms in total. The van der Waals surface area contributed by atoms with Gasteiger partial charge in [-0.2, -0.15) is 4.98 Å². The molecular weight excluding hydrogens is 274 g/mol. The van der Waals surface area contributed by atoms with Gasteiger partial charge in [0.15, 0.2) is 17.3 Å². The molecule has 0 radical (unpaired) electrons. The lowest BCUT2D eigenvalue weighted by Gasteiger charge is -2.23. The van der Waals surface area contributed by atoms with Gasteiger partial charge in [-0.15, -0.1) is 0 Å². The fourth-order valence-electron chi connectivity index (χ4n) is 2.39. The van der Waals surface area contributed by atoms with Crippen LogP contribution in [-0.2, 0) is 4.74 Å². The van der Waals surface area contributed by atoms with E-state index in [0.29, 0.717) is 37.3 Å². The number of para-hydroxylation sites is 2. The monoisotopic (exact) mass is 289 g/mol. The first kappa shape index (κ1) is 12.6. The Kier molecular flexibility index (Phi) is 3.21. The molecule has 2 aromatic rings. The van der Waals surface area contributed by atoms with Gasteiger partial charge in [0.2, 0.25) is 6.10 Å². The van der Waals surface area contributed by atoms with E-state index in [0.717, 1.165) is 12.3 Å². The smallest absolute Gasteiger partial charge is 0.271 e. The van der Waals surface area contributed by atoms with Gasteiger partial charge in [0, 0.05) is 6.54 Å². The highest BCUT2D eigenvalue weighted by Crippen LogP contribution is 2.35. The number of nitrogens with zero attached hydrogens (tertiary/aromatic N) is 2. The van der Waals surface area contributed by atoms with Crippen LogP contribution in [0.5, 0.6) is 11.5 Å². The van der Waals surface area contributed by atoms with Gasteiger partial charge in [-0.3, -0.25) is 0 Å². The molecule has 1 fully saturated rings. The second kappa shape index (κ2) is 5.34. The standard InChI is InChI=1S/C14H15N3O4/c1-2-4-11-10(3-1)19-8-12(20-11)14-16-13(17-21-14)9-7-18-6-5-15-9/h1-4,9,12,15H,5-8H2. The highest BCUT2D eigenvalue weighted by atomic mass is 16.6. The predicted molar refractivity (Wildman–Crippen MR) is 71.2 cm³/mol. The van der Waals surface area contributed by atoms with Crippen molar-refractivity contribution in [2.75, 3.05) is 26.4 Å². The highest BCUT2D eigenvalue weighted by molar-refractivity contribution is 5.40. The molecular formula is C14H15N3O4. The van der Waals surface area contributed by atoms with E-state index >= 15 is 0 Å². The van der Waals surface area contributed by atoms with Crippen LogP contribution >= 0.6 is 0 Å². The predicted octanol–water partition coefficient (Wildman–Crippen LogP) is 1.24. The van der Waals surface area contributed by atoms with E-state index in [1.807, 2.05) is 24.3 Å². The molecule has 0 saturated carbocycles. The van der Waals surface area contributed by atoms with Gasteiger partial charge in [-0.1, -0.05) is 17.3 Å². The Labute approximate surface area is 121 Å². The molecule has 21 heavy (non-hydrogen) atoms. The molecule has 2 aliphatic rings. The zero-order chi connectivity index (χ0) is 14.1. The topological polar surface area (TPSA) is 78.6 Å². The fourth-order valence-corrected chi connectivity index (χ4v) is 2.39. The van der Waals surface area contributed by atoms with Crippen LogP contribution in [0.25, 0.3) is 0 Å². The van der Waals surface area contributed by atoms with Gasteiger partial charge in [0.25, 0.3) is 5.89 Å². The van der Waals surface area contributed by atoms with Crippen LogP contribution in [-0.4, -0.2) is 36.5 Å². The fraction of sp³-hybridized carbons (Fsp3) is 0.429. The molecule has 110 valence electrons. The third-order valence-corrected chi connectivity index (χ3v) is 3.47. The molecule has 0 amide bonds. The molecule has 0 spiro atoms. The van der Waals surface area contributed by atoms with Crippen molar-refractivity contribution in [3.05, 3.63) is 36.0 Å². The number of ether oxygens (including phenoxy) is 3. The van der Waals surface area contributed by atoms with Crippen molar-refractivity contribution >= 4 is 0 Å². The summed E-state index contributed by atoms with van der Waals surface area (Å²) in [5.74, 6) is 2.43. The summed E-state index contributed by atoms with van der Waals surface area (Å²) >= 11 is 0. The molecule has 2 unspecified atom stereocenters. The summed E-state index contributed by atoms with van der Waals surface area (Å²) in [5.41, 5.74) is 0. The van der Waals surface area contributed by atoms with Crippen molar-refractivity contribution < 1.29 is 18.7 Å². The summed E-state index contributed by atoms with van der Waals surface area (Å²) in [5, 5.41) is 7.29. The maximum absolute atomic E-state index is 5.85. The Morgan fingerprint density at radius 2 is 2.05 bits per heavy atom. The SMILES string of the molecule is c1ccc2c(c1)OCC(c1nc(C3COCCN3)no1)O2. The van der Waals surface area contributed by atoms with Gasteiger partial charge < -0.3 is 24.1 Å². The molecule has 3 heterocycles. The lowest BCUT2D eigenvalue weighted by Crippen LogP contribution is -2.35. The first-order valence-corrected chi connectivity index (χ1v) is 6.93. The maximum Gasteiger partial charge on any atom is 0.271 e. The third kappa shape index (κ3) is 2.45. The largest absolute Gasteiger partial charge is 0.485 e. The Morgan fingerprint density at radius 3 is 2.90 bits per heavy atom. The van der Waals surface area contributed by atoms with Gasteiger partial charge in [0.1, 0.15) is 6.61 Å². The van der Waals surface area contributed by atoms with Crippen molar-refractivity contribution in [3.63, 3.8) is 0 Å². The number of nitrogens with one attached hydrogen (secondary N) is 1. The number of rotatable bonds is 2. The minimum Gasteiger partial charge on any atom is -0.485 e. The highest BCUT2D eigenvalue weighted by Gasteiger charge is 2.29. The average Bonchev–Trinajstić information content (AvgIpc) is 3.05. The molecule has 0 bridgehead atoms. The van der Waals surface area contributed by atoms with Crippen LogP contribution in [0.2, 0.25) is 0 Å². The van der Waals surface area contributed by atoms with Crippen LogP contribution in [0, 0.1) is 0 Å². The summed E-state index contributed by atoms with van der Waals surface area (Å²) in [6, 6.07) is 7.49. The van der Waals surface area contributed by atoms with Crippen LogP contribution < -0.4 is 14.8 Å². The second-order valence-electron chi connectivity index (χ2n) is 4.94. The molecule has 1 aromatic heterocycles. The summed E-state index contributed by atoms with van der Waals surface area (Å²) < 4.78 is 22.2. The minimum atomic E-state index is -0.384. The van der Waals surface area contributed by atoms with Gasteiger partial charge >= 0.3 is 0 Å². The molecule has 2 aliphatic heterocycles. The van der Waals surface area contributed by atoms with Crippen molar-refractivity contribution in [2.24, 2.45) is 0 Å². The van der Waals surface area contributed by atoms with Crippen LogP contribution in [0.15, 0.2) is 28.8 Å². The quantitative estimate of drug-likeness (QED) is 0.891. The number of benzene rings is 1. The van der Waals surface area contributed by atoms with E-state index in [2.05, 4.69) is 15.5 Å². The normalized spacial score (nSPS) is 24.8. The summed E-state index contributed by atoms with van der Waals surface area (Å²) in [7, 11) is 0. The molecule has 1 N–H and O–H groups in total. The molecule has 7 heteroatoms. The van der Waals surface area contributed by atoms with Gasteiger partial charge in [-0.05, 0) is 12.1 Å². The lowest BCUT2D eigenvalue weighted by atomic mass is 10.2. The molecule has 4 rings (SSSR count). The van der Waals surface area contributed by atoms with E-state index in [9.17, 15) is 0 Å². The van der Waals surface area contributed by atoms with Gasteiger partial charge in [-0.25, -0.2) is 0 Å². The first-order chi connectivity index (χ1) is 10.4. The summed E-state index contributed by atoms with van der Waals surface area (Å²) in [6.45, 7) is 2.39. The van der Waals surface area contributed by atoms with Crippen molar-refractivity contribution in [3.8, 4) is 11.5 Å². The van der Waals surface area contributed by atoms with Crippen molar-refractivity contribution in [1.82, 2.24) is 15.5 Å². The molecule has 0 aliphatic carbocycles. The van der Waals surface area contributed by atoms with Crippen molar-refractivity contribution in [1.29, 1.82) is 0 Å². The Morgan fingerprint density at radius 1 is 1.14 bits per heavy atom. The van der Waals surface area contributed by atoms with Crippen LogP contribution in [0.1, 0.15) is 23.9 Å². The number of morpholine rings is 1. The second-order valence-corrected chi connectivity index (χ2v) is 4.94. The average molecular weight is 289 g/mol. The molecule has 1 saturated heterocycles.